The average Bonchev–Trinajstić information content (AvgIpc) is 2.96. The molecule has 2 N–H and O–H groups in total. The fourth-order valence-corrected chi connectivity index (χ4v) is 3.62. The second-order valence-corrected chi connectivity index (χ2v) is 6.59. The van der Waals surface area contributed by atoms with E-state index in [0.29, 0.717) is 12.6 Å². The molecule has 1 aromatic rings. The molecule has 1 aromatic carbocycles. The van der Waals surface area contributed by atoms with Gasteiger partial charge in [-0.2, -0.15) is 0 Å². The summed E-state index contributed by atoms with van der Waals surface area (Å²) < 4.78 is 5.58. The molecule has 1 aliphatic carbocycles. The van der Waals surface area contributed by atoms with E-state index in [1.54, 1.807) is 0 Å². The van der Waals surface area contributed by atoms with Gasteiger partial charge in [0, 0.05) is 19.0 Å². The second kappa shape index (κ2) is 6.37. The summed E-state index contributed by atoms with van der Waals surface area (Å²) >= 11 is 0. The molecule has 1 atom stereocenters. The van der Waals surface area contributed by atoms with Crippen molar-refractivity contribution in [3.63, 3.8) is 0 Å². The molecule has 1 unspecified atom stereocenters. The molecule has 0 aromatic heterocycles. The quantitative estimate of drug-likeness (QED) is 0.873. The topological polar surface area (TPSA) is 41.5 Å². The summed E-state index contributed by atoms with van der Waals surface area (Å²) in [6.45, 7) is 3.72. The van der Waals surface area contributed by atoms with Gasteiger partial charge in [-0.1, -0.05) is 38.3 Å². The van der Waals surface area contributed by atoms with Crippen molar-refractivity contribution < 1.29 is 9.84 Å². The molecule has 0 radical (unpaired) electrons. The Morgan fingerprint density at radius 1 is 1.29 bits per heavy atom. The molecule has 0 spiro atoms. The summed E-state index contributed by atoms with van der Waals surface area (Å²) in [5.41, 5.74) is 2.15. The minimum atomic E-state index is -0.495. The van der Waals surface area contributed by atoms with Crippen molar-refractivity contribution >= 4 is 0 Å². The zero-order chi connectivity index (χ0) is 14.7. The van der Waals surface area contributed by atoms with Crippen molar-refractivity contribution in [3.8, 4) is 5.75 Å². The molecule has 1 heterocycles. The highest BCUT2D eigenvalue weighted by molar-refractivity contribution is 5.40. The minimum absolute atomic E-state index is 0.321. The molecule has 3 nitrogen and oxygen atoms in total. The van der Waals surface area contributed by atoms with E-state index in [9.17, 15) is 5.11 Å². The molecule has 3 heteroatoms. The minimum Gasteiger partial charge on any atom is -0.493 e. The Morgan fingerprint density at radius 2 is 2.10 bits per heavy atom. The first kappa shape index (κ1) is 14.9. The highest BCUT2D eigenvalue weighted by Crippen LogP contribution is 2.31. The van der Waals surface area contributed by atoms with Gasteiger partial charge in [0.15, 0.2) is 0 Å². The van der Waals surface area contributed by atoms with E-state index >= 15 is 0 Å². The van der Waals surface area contributed by atoms with Crippen LogP contribution in [0.5, 0.6) is 5.75 Å². The maximum Gasteiger partial charge on any atom is 0.122 e. The van der Waals surface area contributed by atoms with E-state index in [4.69, 9.17) is 4.74 Å². The summed E-state index contributed by atoms with van der Waals surface area (Å²) in [5.74, 6) is 1.04. The van der Waals surface area contributed by atoms with Crippen LogP contribution in [0.1, 0.15) is 62.6 Å². The number of nitrogens with one attached hydrogen (secondary N) is 1. The van der Waals surface area contributed by atoms with Crippen LogP contribution in [0.2, 0.25) is 0 Å². The maximum absolute atomic E-state index is 10.6. The molecular weight excluding hydrogens is 262 g/mol. The van der Waals surface area contributed by atoms with Gasteiger partial charge in [-0.05, 0) is 36.5 Å². The molecule has 0 bridgehead atoms. The van der Waals surface area contributed by atoms with E-state index in [2.05, 4.69) is 30.4 Å². The molecule has 0 saturated heterocycles. The van der Waals surface area contributed by atoms with Gasteiger partial charge in [-0.3, -0.25) is 0 Å². The lowest BCUT2D eigenvalue weighted by molar-refractivity contribution is 0.00248. The molecule has 3 rings (SSSR count). The Morgan fingerprint density at radius 3 is 2.86 bits per heavy atom. The largest absolute Gasteiger partial charge is 0.493 e. The fraction of sp³-hybridized carbons (Fsp3) is 0.667. The first-order valence-corrected chi connectivity index (χ1v) is 8.41. The SMILES string of the molecule is CCC(NCC1(O)CCCCC1)c1ccc2c(c1)CCO2. The van der Waals surface area contributed by atoms with Gasteiger partial charge in [0.1, 0.15) is 5.75 Å². The van der Waals surface area contributed by atoms with Crippen molar-refractivity contribution in [2.24, 2.45) is 0 Å². The van der Waals surface area contributed by atoms with Gasteiger partial charge < -0.3 is 15.2 Å². The number of fused-ring (bicyclic) bond motifs is 1. The molecular formula is C18H27NO2. The summed E-state index contributed by atoms with van der Waals surface area (Å²) in [6.07, 6.45) is 7.52. The van der Waals surface area contributed by atoms with Gasteiger partial charge >= 0.3 is 0 Å². The van der Waals surface area contributed by atoms with Crippen molar-refractivity contribution in [2.45, 2.75) is 63.5 Å². The van der Waals surface area contributed by atoms with Crippen LogP contribution in [0.4, 0.5) is 0 Å². The van der Waals surface area contributed by atoms with E-state index in [0.717, 1.165) is 50.9 Å². The molecule has 1 aliphatic heterocycles. The number of hydrogen-bond donors (Lipinski definition) is 2. The Labute approximate surface area is 127 Å². The molecule has 21 heavy (non-hydrogen) atoms. The number of hydrogen-bond acceptors (Lipinski definition) is 3. The van der Waals surface area contributed by atoms with Gasteiger partial charge in [-0.15, -0.1) is 0 Å². The van der Waals surface area contributed by atoms with Gasteiger partial charge in [-0.25, -0.2) is 0 Å². The highest BCUT2D eigenvalue weighted by atomic mass is 16.5. The molecule has 0 amide bonds. The van der Waals surface area contributed by atoms with Crippen LogP contribution >= 0.6 is 0 Å². The summed E-state index contributed by atoms with van der Waals surface area (Å²) in [4.78, 5) is 0. The third-order valence-electron chi connectivity index (χ3n) is 4.99. The lowest BCUT2D eigenvalue weighted by atomic mass is 9.84. The second-order valence-electron chi connectivity index (χ2n) is 6.59. The lowest BCUT2D eigenvalue weighted by Crippen LogP contribution is -2.43. The van der Waals surface area contributed by atoms with Crippen molar-refractivity contribution in [1.82, 2.24) is 5.32 Å². The van der Waals surface area contributed by atoms with Gasteiger partial charge in [0.2, 0.25) is 0 Å². The van der Waals surface area contributed by atoms with Crippen LogP contribution < -0.4 is 10.1 Å². The predicted molar refractivity (Wildman–Crippen MR) is 84.7 cm³/mol. The third-order valence-corrected chi connectivity index (χ3v) is 4.99. The number of aliphatic hydroxyl groups is 1. The molecule has 2 aliphatic rings. The summed E-state index contributed by atoms with van der Waals surface area (Å²) in [5, 5.41) is 14.2. The van der Waals surface area contributed by atoms with E-state index in [1.807, 2.05) is 0 Å². The smallest absolute Gasteiger partial charge is 0.122 e. The number of benzene rings is 1. The Bertz CT molecular complexity index is 480. The fourth-order valence-electron chi connectivity index (χ4n) is 3.62. The Kier molecular flexibility index (Phi) is 4.51. The van der Waals surface area contributed by atoms with E-state index in [-0.39, 0.29) is 0 Å². The summed E-state index contributed by atoms with van der Waals surface area (Å²) in [7, 11) is 0. The lowest BCUT2D eigenvalue weighted by Gasteiger charge is -2.34. The summed E-state index contributed by atoms with van der Waals surface area (Å²) in [6, 6.07) is 6.85. The van der Waals surface area contributed by atoms with Crippen molar-refractivity contribution in [1.29, 1.82) is 0 Å². The van der Waals surface area contributed by atoms with Crippen molar-refractivity contribution in [2.75, 3.05) is 13.2 Å². The zero-order valence-electron chi connectivity index (χ0n) is 13.0. The maximum atomic E-state index is 10.6. The molecule has 1 fully saturated rings. The standard InChI is InChI=1S/C18H27NO2/c1-2-16(19-13-18(20)9-4-3-5-10-18)14-6-7-17-15(12-14)8-11-21-17/h6-7,12,16,19-20H,2-5,8-11,13H2,1H3. The Balaban J connectivity index is 1.64. The number of rotatable bonds is 5. The average molecular weight is 289 g/mol. The first-order valence-electron chi connectivity index (χ1n) is 8.41. The normalized spacial score (nSPS) is 21.6. The molecule has 116 valence electrons. The van der Waals surface area contributed by atoms with Crippen LogP contribution in [0.3, 0.4) is 0 Å². The first-order chi connectivity index (χ1) is 10.2. The number of ether oxygens (including phenoxy) is 1. The van der Waals surface area contributed by atoms with E-state index < -0.39 is 5.60 Å². The van der Waals surface area contributed by atoms with Crippen LogP contribution in [-0.2, 0) is 6.42 Å². The predicted octanol–water partition coefficient (Wildman–Crippen LogP) is 3.36. The van der Waals surface area contributed by atoms with Crippen LogP contribution in [0.25, 0.3) is 0 Å². The van der Waals surface area contributed by atoms with Crippen LogP contribution in [-0.4, -0.2) is 23.9 Å². The highest BCUT2D eigenvalue weighted by Gasteiger charge is 2.29. The van der Waals surface area contributed by atoms with Crippen molar-refractivity contribution in [3.05, 3.63) is 29.3 Å². The van der Waals surface area contributed by atoms with Crippen LogP contribution in [0, 0.1) is 0 Å². The zero-order valence-corrected chi connectivity index (χ0v) is 13.0. The third kappa shape index (κ3) is 3.41. The molecule has 1 saturated carbocycles. The monoisotopic (exact) mass is 289 g/mol. The Hall–Kier alpha value is -1.06. The van der Waals surface area contributed by atoms with Crippen LogP contribution in [0.15, 0.2) is 18.2 Å². The van der Waals surface area contributed by atoms with E-state index in [1.165, 1.54) is 17.5 Å². The van der Waals surface area contributed by atoms with Gasteiger partial charge in [0.05, 0.1) is 12.2 Å². The van der Waals surface area contributed by atoms with Gasteiger partial charge in [0.25, 0.3) is 0 Å².